The number of amides is 2. The zero-order chi connectivity index (χ0) is 13.4. The van der Waals surface area contributed by atoms with Gasteiger partial charge in [0.05, 0.1) is 6.10 Å². The second-order valence-corrected chi connectivity index (χ2v) is 6.10. The van der Waals surface area contributed by atoms with E-state index in [2.05, 4.69) is 30.7 Å². The molecule has 2 N–H and O–H groups in total. The first-order chi connectivity index (χ1) is 8.65. The summed E-state index contributed by atoms with van der Waals surface area (Å²) in [4.78, 5) is 11.6. The van der Waals surface area contributed by atoms with Crippen LogP contribution in [0.2, 0.25) is 0 Å². The van der Waals surface area contributed by atoms with Crippen molar-refractivity contribution in [2.24, 2.45) is 11.8 Å². The van der Waals surface area contributed by atoms with Crippen LogP contribution in [0.3, 0.4) is 0 Å². The average molecular weight is 274 g/mol. The van der Waals surface area contributed by atoms with Gasteiger partial charge in [0.15, 0.2) is 0 Å². The molecule has 4 nitrogen and oxygen atoms in total. The third-order valence-electron chi connectivity index (χ3n) is 3.26. The van der Waals surface area contributed by atoms with Crippen molar-refractivity contribution in [2.45, 2.75) is 32.8 Å². The highest BCUT2D eigenvalue weighted by Crippen LogP contribution is 2.25. The zero-order valence-electron chi connectivity index (χ0n) is 11.7. The summed E-state index contributed by atoms with van der Waals surface area (Å²) in [6, 6.07) is -0.0505. The fourth-order valence-electron chi connectivity index (χ4n) is 2.32. The summed E-state index contributed by atoms with van der Waals surface area (Å²) in [5.41, 5.74) is 0. The molecule has 5 heteroatoms. The minimum atomic E-state index is -0.0505. The number of nitrogens with one attached hydrogen (secondary N) is 2. The summed E-state index contributed by atoms with van der Waals surface area (Å²) in [6.07, 6.45) is 4.44. The maximum atomic E-state index is 11.6. The summed E-state index contributed by atoms with van der Waals surface area (Å²) >= 11 is 1.80. The van der Waals surface area contributed by atoms with Crippen LogP contribution in [-0.4, -0.2) is 43.8 Å². The third-order valence-corrected chi connectivity index (χ3v) is 3.95. The van der Waals surface area contributed by atoms with Gasteiger partial charge in [0.25, 0.3) is 0 Å². The SMILES string of the molecule is CSCCCNC(=O)NC[C@H]1CCO[C@@H]1C(C)C. The van der Waals surface area contributed by atoms with Crippen molar-refractivity contribution in [2.75, 3.05) is 31.7 Å². The number of urea groups is 1. The topological polar surface area (TPSA) is 50.4 Å². The van der Waals surface area contributed by atoms with Crippen molar-refractivity contribution >= 4 is 17.8 Å². The van der Waals surface area contributed by atoms with E-state index in [1.807, 2.05) is 0 Å². The molecule has 0 unspecified atom stereocenters. The average Bonchev–Trinajstić information content (AvgIpc) is 2.80. The van der Waals surface area contributed by atoms with Gasteiger partial charge in [-0.05, 0) is 30.8 Å². The highest BCUT2D eigenvalue weighted by atomic mass is 32.2. The van der Waals surface area contributed by atoms with E-state index in [0.29, 0.717) is 17.9 Å². The second kappa shape index (κ2) is 8.64. The smallest absolute Gasteiger partial charge is 0.314 e. The number of hydrogen-bond donors (Lipinski definition) is 2. The molecular weight excluding hydrogens is 248 g/mol. The van der Waals surface area contributed by atoms with E-state index in [1.165, 1.54) is 0 Å². The second-order valence-electron chi connectivity index (χ2n) is 5.11. The zero-order valence-corrected chi connectivity index (χ0v) is 12.5. The van der Waals surface area contributed by atoms with Crippen molar-refractivity contribution in [3.63, 3.8) is 0 Å². The van der Waals surface area contributed by atoms with Crippen LogP contribution in [0.5, 0.6) is 0 Å². The van der Waals surface area contributed by atoms with Gasteiger partial charge in [-0.25, -0.2) is 4.79 Å². The Balaban J connectivity index is 2.13. The summed E-state index contributed by atoms with van der Waals surface area (Å²) in [5.74, 6) is 2.07. The van der Waals surface area contributed by atoms with Gasteiger partial charge in [-0.3, -0.25) is 0 Å². The normalized spacial score (nSPS) is 23.3. The largest absolute Gasteiger partial charge is 0.378 e. The van der Waals surface area contributed by atoms with Crippen LogP contribution in [0.15, 0.2) is 0 Å². The number of hydrogen-bond acceptors (Lipinski definition) is 3. The molecular formula is C13H26N2O2S. The molecule has 2 atom stereocenters. The molecule has 1 aliphatic rings. The molecule has 2 amide bonds. The number of rotatable bonds is 7. The van der Waals surface area contributed by atoms with Crippen molar-refractivity contribution in [1.82, 2.24) is 10.6 Å². The van der Waals surface area contributed by atoms with Crippen molar-refractivity contribution in [1.29, 1.82) is 0 Å². The van der Waals surface area contributed by atoms with Crippen LogP contribution >= 0.6 is 11.8 Å². The Morgan fingerprint density at radius 3 is 2.89 bits per heavy atom. The van der Waals surface area contributed by atoms with Crippen LogP contribution in [0.4, 0.5) is 4.79 Å². The summed E-state index contributed by atoms with van der Waals surface area (Å²) < 4.78 is 5.70. The molecule has 1 heterocycles. The fraction of sp³-hybridized carbons (Fsp3) is 0.923. The molecule has 0 saturated carbocycles. The van der Waals surface area contributed by atoms with Crippen molar-refractivity contribution < 1.29 is 9.53 Å². The van der Waals surface area contributed by atoms with Crippen molar-refractivity contribution in [3.8, 4) is 0 Å². The van der Waals surface area contributed by atoms with Crippen LogP contribution in [-0.2, 0) is 4.74 Å². The molecule has 1 fully saturated rings. The minimum Gasteiger partial charge on any atom is -0.378 e. The number of carbonyl (C=O) groups is 1. The van der Waals surface area contributed by atoms with Crippen LogP contribution in [0, 0.1) is 11.8 Å². The van der Waals surface area contributed by atoms with Crippen LogP contribution in [0.25, 0.3) is 0 Å². The van der Waals surface area contributed by atoms with Gasteiger partial charge in [0.1, 0.15) is 0 Å². The third kappa shape index (κ3) is 5.48. The monoisotopic (exact) mass is 274 g/mol. The van der Waals surface area contributed by atoms with Gasteiger partial charge in [-0.1, -0.05) is 13.8 Å². The van der Waals surface area contributed by atoms with Gasteiger partial charge < -0.3 is 15.4 Å². The number of thioether (sulfide) groups is 1. The lowest BCUT2D eigenvalue weighted by Gasteiger charge is -2.22. The van der Waals surface area contributed by atoms with E-state index < -0.39 is 0 Å². The maximum Gasteiger partial charge on any atom is 0.314 e. The molecule has 0 aromatic heterocycles. The first-order valence-electron chi connectivity index (χ1n) is 6.77. The highest BCUT2D eigenvalue weighted by molar-refractivity contribution is 7.98. The molecule has 0 bridgehead atoms. The van der Waals surface area contributed by atoms with E-state index >= 15 is 0 Å². The lowest BCUT2D eigenvalue weighted by atomic mass is 9.93. The van der Waals surface area contributed by atoms with Gasteiger partial charge in [0.2, 0.25) is 0 Å². The summed E-state index contributed by atoms with van der Waals surface area (Å²) in [5, 5.41) is 5.83. The predicted octanol–water partition coefficient (Wildman–Crippen LogP) is 2.10. The Hall–Kier alpha value is -0.420. The fourth-order valence-corrected chi connectivity index (χ4v) is 2.75. The van der Waals surface area contributed by atoms with E-state index in [1.54, 1.807) is 11.8 Å². The molecule has 0 aromatic carbocycles. The van der Waals surface area contributed by atoms with E-state index in [-0.39, 0.29) is 6.03 Å². The first kappa shape index (κ1) is 15.6. The van der Waals surface area contributed by atoms with Gasteiger partial charge >= 0.3 is 6.03 Å². The van der Waals surface area contributed by atoms with Crippen molar-refractivity contribution in [3.05, 3.63) is 0 Å². The van der Waals surface area contributed by atoms with E-state index in [4.69, 9.17) is 4.74 Å². The van der Waals surface area contributed by atoms with Crippen LogP contribution in [0.1, 0.15) is 26.7 Å². The first-order valence-corrected chi connectivity index (χ1v) is 8.16. The van der Waals surface area contributed by atoms with Crippen LogP contribution < -0.4 is 10.6 Å². The molecule has 18 heavy (non-hydrogen) atoms. The summed E-state index contributed by atoms with van der Waals surface area (Å²) in [6.45, 7) is 6.64. The Kier molecular flexibility index (Phi) is 7.51. The number of ether oxygens (including phenoxy) is 1. The van der Waals surface area contributed by atoms with E-state index in [9.17, 15) is 4.79 Å². The Labute approximate surface area is 115 Å². The van der Waals surface area contributed by atoms with Gasteiger partial charge in [-0.2, -0.15) is 11.8 Å². The Bertz CT molecular complexity index is 249. The quantitative estimate of drug-likeness (QED) is 0.699. The lowest BCUT2D eigenvalue weighted by molar-refractivity contribution is 0.0545. The molecule has 1 saturated heterocycles. The molecule has 0 aliphatic carbocycles. The standard InChI is InChI=1S/C13H26N2O2S/c1-10(2)12-11(5-7-17-12)9-15-13(16)14-6-4-8-18-3/h10-12H,4-9H2,1-3H3,(H2,14,15,16)/t11-,12-/m1/s1. The molecule has 1 rings (SSSR count). The Morgan fingerprint density at radius 2 is 2.22 bits per heavy atom. The molecule has 1 aliphatic heterocycles. The van der Waals surface area contributed by atoms with Gasteiger partial charge in [-0.15, -0.1) is 0 Å². The maximum absolute atomic E-state index is 11.6. The minimum absolute atomic E-state index is 0.0505. The molecule has 0 aromatic rings. The molecule has 0 spiro atoms. The van der Waals surface area contributed by atoms with E-state index in [0.717, 1.165) is 38.3 Å². The van der Waals surface area contributed by atoms with Gasteiger partial charge in [0, 0.05) is 25.6 Å². The predicted molar refractivity (Wildman–Crippen MR) is 77.1 cm³/mol. The molecule has 0 radical (unpaired) electrons. The number of carbonyl (C=O) groups excluding carboxylic acids is 1. The molecule has 106 valence electrons. The Morgan fingerprint density at radius 1 is 1.44 bits per heavy atom. The highest BCUT2D eigenvalue weighted by Gasteiger charge is 2.30. The lowest BCUT2D eigenvalue weighted by Crippen LogP contribution is -2.41. The summed E-state index contributed by atoms with van der Waals surface area (Å²) in [7, 11) is 0.